The molecule has 2 aromatic heterocycles. The molecule has 3 heterocycles. The van der Waals surface area contributed by atoms with E-state index in [-0.39, 0.29) is 17.7 Å². The number of hydrogen-bond acceptors (Lipinski definition) is 5. The van der Waals surface area contributed by atoms with Gasteiger partial charge in [0.15, 0.2) is 11.6 Å². The van der Waals surface area contributed by atoms with Crippen molar-refractivity contribution < 1.29 is 8.78 Å². The van der Waals surface area contributed by atoms with Crippen molar-refractivity contribution in [3.63, 3.8) is 0 Å². The Kier molecular flexibility index (Phi) is 4.26. The van der Waals surface area contributed by atoms with E-state index in [9.17, 15) is 13.6 Å². The highest BCUT2D eigenvalue weighted by Gasteiger charge is 2.22. The number of rotatable bonds is 3. The zero-order chi connectivity index (χ0) is 18.1. The van der Waals surface area contributed by atoms with Gasteiger partial charge in [-0.2, -0.15) is 0 Å². The minimum Gasteiger partial charge on any atom is -0.306 e. The molecule has 8 heteroatoms. The maximum atomic E-state index is 13.9. The minimum atomic E-state index is -0.867. The van der Waals surface area contributed by atoms with Crippen LogP contribution >= 0.6 is 0 Å². The standard InChI is InChI=1S/C18H15F2N5O/c19-14-3-1-2-11(16(14)20)8-25-5-4-15-13(9-25)18(26)24-17(23-15)12-6-21-10-22-7-12/h1-3,6-7,10H,4-5,8-9H2,(H,23,24,26). The lowest BCUT2D eigenvalue weighted by atomic mass is 10.1. The van der Waals surface area contributed by atoms with Gasteiger partial charge >= 0.3 is 0 Å². The van der Waals surface area contributed by atoms with Crippen LogP contribution in [-0.2, 0) is 19.5 Å². The molecule has 0 spiro atoms. The van der Waals surface area contributed by atoms with Crippen LogP contribution in [-0.4, -0.2) is 31.4 Å². The third kappa shape index (κ3) is 3.11. The average molecular weight is 355 g/mol. The van der Waals surface area contributed by atoms with E-state index in [0.29, 0.717) is 42.2 Å². The summed E-state index contributed by atoms with van der Waals surface area (Å²) in [7, 11) is 0. The van der Waals surface area contributed by atoms with Gasteiger partial charge in [0.05, 0.1) is 16.8 Å². The number of halogens is 2. The summed E-state index contributed by atoms with van der Waals surface area (Å²) in [5.74, 6) is -1.28. The molecule has 1 aliphatic heterocycles. The second-order valence-corrected chi connectivity index (χ2v) is 6.14. The van der Waals surface area contributed by atoms with Crippen molar-refractivity contribution in [2.24, 2.45) is 0 Å². The van der Waals surface area contributed by atoms with Crippen LogP contribution in [0.2, 0.25) is 0 Å². The molecule has 0 radical (unpaired) electrons. The topological polar surface area (TPSA) is 74.8 Å². The number of hydrogen-bond donors (Lipinski definition) is 1. The summed E-state index contributed by atoms with van der Waals surface area (Å²) in [5, 5.41) is 0. The smallest absolute Gasteiger partial charge is 0.255 e. The van der Waals surface area contributed by atoms with Crippen molar-refractivity contribution >= 4 is 0 Å². The summed E-state index contributed by atoms with van der Waals surface area (Å²) in [4.78, 5) is 29.5. The SMILES string of the molecule is O=c1[nH]c(-c2cncnc2)nc2c1CN(Cc1cccc(F)c1F)CC2. The fourth-order valence-corrected chi connectivity index (χ4v) is 3.09. The molecule has 4 rings (SSSR count). The highest BCUT2D eigenvalue weighted by Crippen LogP contribution is 2.20. The first-order chi connectivity index (χ1) is 12.6. The highest BCUT2D eigenvalue weighted by molar-refractivity contribution is 5.52. The first-order valence-electron chi connectivity index (χ1n) is 8.14. The minimum absolute atomic E-state index is 0.233. The lowest BCUT2D eigenvalue weighted by Gasteiger charge is -2.27. The highest BCUT2D eigenvalue weighted by atomic mass is 19.2. The van der Waals surface area contributed by atoms with Gasteiger partial charge in [0.2, 0.25) is 0 Å². The Balaban J connectivity index is 1.60. The van der Waals surface area contributed by atoms with Crippen LogP contribution in [0.4, 0.5) is 8.78 Å². The Bertz CT molecular complexity index is 1010. The van der Waals surface area contributed by atoms with Crippen LogP contribution in [0.25, 0.3) is 11.4 Å². The number of aromatic nitrogens is 4. The molecule has 0 fully saturated rings. The third-order valence-electron chi connectivity index (χ3n) is 4.41. The fourth-order valence-electron chi connectivity index (χ4n) is 3.09. The lowest BCUT2D eigenvalue weighted by Crippen LogP contribution is -2.35. The number of H-pyrrole nitrogens is 1. The molecule has 0 saturated carbocycles. The molecule has 0 unspecified atom stereocenters. The zero-order valence-electron chi connectivity index (χ0n) is 13.7. The van der Waals surface area contributed by atoms with Crippen LogP contribution in [0, 0.1) is 11.6 Å². The van der Waals surface area contributed by atoms with E-state index in [1.165, 1.54) is 12.4 Å². The van der Waals surface area contributed by atoms with Crippen molar-refractivity contribution in [2.45, 2.75) is 19.5 Å². The molecule has 26 heavy (non-hydrogen) atoms. The maximum absolute atomic E-state index is 13.9. The Morgan fingerprint density at radius 2 is 2.00 bits per heavy atom. The van der Waals surface area contributed by atoms with E-state index in [1.807, 2.05) is 4.90 Å². The Labute approximate surface area is 147 Å². The van der Waals surface area contributed by atoms with Gasteiger partial charge in [0.25, 0.3) is 5.56 Å². The van der Waals surface area contributed by atoms with Crippen LogP contribution in [0.15, 0.2) is 41.7 Å². The molecule has 1 aromatic carbocycles. The van der Waals surface area contributed by atoms with E-state index in [2.05, 4.69) is 19.9 Å². The van der Waals surface area contributed by atoms with Crippen molar-refractivity contribution in [1.82, 2.24) is 24.8 Å². The second kappa shape index (κ2) is 6.72. The molecule has 6 nitrogen and oxygen atoms in total. The summed E-state index contributed by atoms with van der Waals surface area (Å²) >= 11 is 0. The van der Waals surface area contributed by atoms with Crippen LogP contribution in [0.3, 0.4) is 0 Å². The predicted molar refractivity (Wildman–Crippen MR) is 90.1 cm³/mol. The Morgan fingerprint density at radius 3 is 2.81 bits per heavy atom. The molecule has 0 amide bonds. The van der Waals surface area contributed by atoms with Crippen LogP contribution < -0.4 is 5.56 Å². The second-order valence-electron chi connectivity index (χ2n) is 6.14. The summed E-state index contributed by atoms with van der Waals surface area (Å²) < 4.78 is 27.3. The van der Waals surface area contributed by atoms with E-state index in [1.54, 1.807) is 18.5 Å². The normalized spacial score (nSPS) is 14.2. The van der Waals surface area contributed by atoms with Gasteiger partial charge in [0, 0.05) is 44.0 Å². The molecular weight excluding hydrogens is 340 g/mol. The van der Waals surface area contributed by atoms with E-state index in [4.69, 9.17) is 0 Å². The summed E-state index contributed by atoms with van der Waals surface area (Å²) in [6.45, 7) is 1.17. The van der Waals surface area contributed by atoms with Crippen molar-refractivity contribution in [3.8, 4) is 11.4 Å². The summed E-state index contributed by atoms with van der Waals surface area (Å²) in [6.07, 6.45) is 5.12. The molecular formula is C18H15F2N5O. The third-order valence-corrected chi connectivity index (χ3v) is 4.41. The monoisotopic (exact) mass is 355 g/mol. The lowest BCUT2D eigenvalue weighted by molar-refractivity contribution is 0.237. The molecule has 3 aromatic rings. The van der Waals surface area contributed by atoms with Crippen molar-refractivity contribution in [1.29, 1.82) is 0 Å². The van der Waals surface area contributed by atoms with E-state index >= 15 is 0 Å². The number of nitrogens with zero attached hydrogens (tertiary/aromatic N) is 4. The summed E-state index contributed by atoms with van der Waals surface area (Å²) in [5.41, 5.74) is 1.93. The number of benzene rings is 1. The molecule has 0 aliphatic carbocycles. The van der Waals surface area contributed by atoms with Crippen molar-refractivity contribution in [3.05, 3.63) is 75.7 Å². The van der Waals surface area contributed by atoms with E-state index in [0.717, 1.165) is 6.07 Å². The molecule has 0 saturated heterocycles. The van der Waals surface area contributed by atoms with E-state index < -0.39 is 11.6 Å². The fraction of sp³-hybridized carbons (Fsp3) is 0.222. The van der Waals surface area contributed by atoms with Crippen LogP contribution in [0.1, 0.15) is 16.8 Å². The van der Waals surface area contributed by atoms with Crippen molar-refractivity contribution in [2.75, 3.05) is 6.54 Å². The molecule has 0 atom stereocenters. The maximum Gasteiger partial charge on any atom is 0.255 e. The Hall–Kier alpha value is -3.00. The van der Waals surface area contributed by atoms with Gasteiger partial charge in [-0.3, -0.25) is 9.69 Å². The molecule has 0 bridgehead atoms. The van der Waals surface area contributed by atoms with Gasteiger partial charge in [-0.05, 0) is 6.07 Å². The first kappa shape index (κ1) is 16.5. The van der Waals surface area contributed by atoms with Gasteiger partial charge in [-0.25, -0.2) is 23.7 Å². The predicted octanol–water partition coefficient (Wildman–Crippen LogP) is 2.06. The molecule has 132 valence electrons. The quantitative estimate of drug-likeness (QED) is 0.778. The average Bonchev–Trinajstić information content (AvgIpc) is 2.66. The number of nitrogens with one attached hydrogen (secondary N) is 1. The van der Waals surface area contributed by atoms with Gasteiger partial charge in [-0.15, -0.1) is 0 Å². The van der Waals surface area contributed by atoms with Gasteiger partial charge in [0.1, 0.15) is 12.2 Å². The summed E-state index contributed by atoms with van der Waals surface area (Å²) in [6, 6.07) is 4.12. The largest absolute Gasteiger partial charge is 0.306 e. The van der Waals surface area contributed by atoms with Gasteiger partial charge in [-0.1, -0.05) is 12.1 Å². The number of aromatic amines is 1. The zero-order valence-corrected chi connectivity index (χ0v) is 13.7. The van der Waals surface area contributed by atoms with Crippen LogP contribution in [0.5, 0.6) is 0 Å². The number of fused-ring (bicyclic) bond motifs is 1. The Morgan fingerprint density at radius 1 is 1.19 bits per heavy atom. The first-order valence-corrected chi connectivity index (χ1v) is 8.14. The van der Waals surface area contributed by atoms with Gasteiger partial charge < -0.3 is 4.98 Å². The molecule has 1 aliphatic rings. The molecule has 1 N–H and O–H groups in total.